The van der Waals surface area contributed by atoms with E-state index < -0.39 is 0 Å². The summed E-state index contributed by atoms with van der Waals surface area (Å²) in [4.78, 5) is 0. The van der Waals surface area contributed by atoms with Crippen molar-refractivity contribution in [3.05, 3.63) is 0 Å². The predicted octanol–water partition coefficient (Wildman–Crippen LogP) is -0.505. The minimum atomic E-state index is 0. The number of hydrogen-bond acceptors (Lipinski definition) is 1. The Hall–Kier alpha value is 1.42. The molecular formula is CoLiMnO. The zero-order valence-corrected chi connectivity index (χ0v) is 4.34. The molecule has 0 spiro atoms. The van der Waals surface area contributed by atoms with Gasteiger partial charge in [-0.05, 0) is 0 Å². The van der Waals surface area contributed by atoms with Crippen molar-refractivity contribution in [1.82, 2.24) is 0 Å². The van der Waals surface area contributed by atoms with E-state index in [-0.39, 0.29) is 35.9 Å². The molecular weight excluding hydrogens is 137 g/mol. The van der Waals surface area contributed by atoms with Crippen LogP contribution < -0.4 is 0 Å². The van der Waals surface area contributed by atoms with Crippen LogP contribution in [0, 0.1) is 0 Å². The Bertz CT molecular complexity index is 8.00. The van der Waals surface area contributed by atoms with Crippen LogP contribution in [0.3, 0.4) is 0 Å². The van der Waals surface area contributed by atoms with E-state index in [1.807, 2.05) is 0 Å². The van der Waals surface area contributed by atoms with Crippen LogP contribution in [0.4, 0.5) is 0 Å². The van der Waals surface area contributed by atoms with Gasteiger partial charge in [-0.3, -0.25) is 0 Å². The van der Waals surface area contributed by atoms with Gasteiger partial charge in [0.1, 0.15) is 0 Å². The summed E-state index contributed by atoms with van der Waals surface area (Å²) in [5, 5.41) is 0. The molecule has 2 radical (unpaired) electrons. The molecule has 0 heterocycles. The molecule has 23 valence electrons. The summed E-state index contributed by atoms with van der Waals surface area (Å²) in [6, 6.07) is 0. The predicted molar refractivity (Wildman–Crippen MR) is 6.44 cm³/mol. The molecule has 0 N–H and O–H groups in total. The van der Waals surface area contributed by atoms with E-state index in [1.54, 1.807) is 0 Å². The zero-order valence-electron chi connectivity index (χ0n) is 2.12. The van der Waals surface area contributed by atoms with Gasteiger partial charge in [-0.25, -0.2) is 0 Å². The van der Waals surface area contributed by atoms with Crippen molar-refractivity contribution in [2.75, 3.05) is 0 Å². The van der Waals surface area contributed by atoms with Gasteiger partial charge >= 0.3 is 19.5 Å². The van der Waals surface area contributed by atoms with Crippen LogP contribution in [0.1, 0.15) is 0 Å². The summed E-state index contributed by atoms with van der Waals surface area (Å²) in [5.74, 6) is 0. The standard InChI is InChI=1S/Co.Li.Mn.O. The zero-order chi connectivity index (χ0) is 2.00. The molecule has 4 heavy (non-hydrogen) atoms. The summed E-state index contributed by atoms with van der Waals surface area (Å²) in [6.45, 7) is 0. The van der Waals surface area contributed by atoms with Crippen LogP contribution in [0.15, 0.2) is 0 Å². The fourth-order valence-corrected chi connectivity index (χ4v) is 0. The molecule has 0 aromatic heterocycles. The molecule has 1 nitrogen and oxygen atoms in total. The molecule has 0 aliphatic rings. The Balaban J connectivity index is -0.00000000500. The molecule has 0 saturated heterocycles. The molecule has 0 amide bonds. The first-order valence-electron chi connectivity index (χ1n) is 0.136. The van der Waals surface area contributed by atoms with Crippen LogP contribution >= 0.6 is 0 Å². The second kappa shape index (κ2) is 25.6. The third kappa shape index (κ3) is 9.92. The van der Waals surface area contributed by atoms with E-state index >= 15 is 0 Å². The van der Waals surface area contributed by atoms with Crippen LogP contribution in [0.25, 0.3) is 0 Å². The quantitative estimate of drug-likeness (QED) is 0.411. The van der Waals surface area contributed by atoms with Crippen molar-refractivity contribution in [2.24, 2.45) is 0 Å². The number of rotatable bonds is 0. The van der Waals surface area contributed by atoms with Crippen molar-refractivity contribution in [2.45, 2.75) is 0 Å². The Kier molecular flexibility index (Phi) is 116. The van der Waals surface area contributed by atoms with Crippen LogP contribution in [-0.2, 0) is 36.6 Å². The molecule has 0 aromatic rings. The van der Waals surface area contributed by atoms with Gasteiger partial charge in [0.2, 0.25) is 0 Å². The van der Waals surface area contributed by atoms with E-state index in [1.165, 1.54) is 0 Å². The van der Waals surface area contributed by atoms with Crippen molar-refractivity contribution in [1.29, 1.82) is 0 Å². The first kappa shape index (κ1) is 18.1. The van der Waals surface area contributed by atoms with Crippen molar-refractivity contribution in [3.63, 3.8) is 0 Å². The fraction of sp³-hybridized carbons (Fsp3) is 0. The molecule has 0 bridgehead atoms. The van der Waals surface area contributed by atoms with E-state index in [9.17, 15) is 0 Å². The minimum absolute atomic E-state index is 0. The molecule has 0 atom stereocenters. The third-order valence-electron chi connectivity index (χ3n) is 0. The Morgan fingerprint density at radius 1 is 1.25 bits per heavy atom. The Morgan fingerprint density at radius 2 is 1.25 bits per heavy atom. The average Bonchev–Trinajstić information content (AvgIpc) is 1.00. The van der Waals surface area contributed by atoms with Gasteiger partial charge < -0.3 is 0 Å². The maximum atomic E-state index is 7.94. The Morgan fingerprint density at radius 3 is 1.25 bits per heavy atom. The van der Waals surface area contributed by atoms with Gasteiger partial charge in [0.15, 0.2) is 0 Å². The van der Waals surface area contributed by atoms with Gasteiger partial charge in [-0.2, -0.15) is 0 Å². The van der Waals surface area contributed by atoms with Gasteiger partial charge in [0.25, 0.3) is 0 Å². The number of hydrogen-bond donors (Lipinski definition) is 0. The van der Waals surface area contributed by atoms with E-state index in [0.717, 1.165) is 0 Å². The summed E-state index contributed by atoms with van der Waals surface area (Å²) in [6.07, 6.45) is 0. The molecule has 0 rings (SSSR count). The molecule has 0 aliphatic heterocycles. The van der Waals surface area contributed by atoms with Crippen LogP contribution in [0.5, 0.6) is 0 Å². The topological polar surface area (TPSA) is 17.1 Å². The second-order valence-corrected chi connectivity index (χ2v) is 0. The van der Waals surface area contributed by atoms with E-state index in [0.29, 0.717) is 0 Å². The maximum absolute atomic E-state index is 7.94. The first-order chi connectivity index (χ1) is 1.00. The van der Waals surface area contributed by atoms with Crippen LogP contribution in [-0.4, -0.2) is 18.9 Å². The summed E-state index contributed by atoms with van der Waals surface area (Å²) in [5.41, 5.74) is 0. The molecule has 0 aromatic carbocycles. The summed E-state index contributed by atoms with van der Waals surface area (Å²) >= 11 is 2.31. The van der Waals surface area contributed by atoms with Crippen molar-refractivity contribution >= 4 is 18.9 Å². The summed E-state index contributed by atoms with van der Waals surface area (Å²) in [7, 11) is 0. The normalized spacial score (nSPS) is 1.25. The first-order valence-corrected chi connectivity index (χ1v) is 0.561. The molecule has 4 heteroatoms. The third-order valence-corrected chi connectivity index (χ3v) is 0. The van der Waals surface area contributed by atoms with Gasteiger partial charge in [-0.15, -0.1) is 0 Å². The average molecular weight is 137 g/mol. The monoisotopic (exact) mass is 137 g/mol. The molecule has 0 unspecified atom stereocenters. The SMILES string of the molecule is [Li].[Mn].[O]=[Co]. The van der Waals surface area contributed by atoms with Gasteiger partial charge in [0.05, 0.1) is 0 Å². The fourth-order valence-electron chi connectivity index (χ4n) is 0. The molecule has 0 fully saturated rings. The summed E-state index contributed by atoms with van der Waals surface area (Å²) < 4.78 is 7.94. The Labute approximate surface area is 55.3 Å². The van der Waals surface area contributed by atoms with Gasteiger partial charge in [0, 0.05) is 35.9 Å². The van der Waals surface area contributed by atoms with Gasteiger partial charge in [-0.1, -0.05) is 0 Å². The van der Waals surface area contributed by atoms with Crippen LogP contribution in [0.2, 0.25) is 0 Å². The second-order valence-electron chi connectivity index (χ2n) is 0. The van der Waals surface area contributed by atoms with E-state index in [2.05, 4.69) is 15.7 Å². The van der Waals surface area contributed by atoms with Crippen molar-refractivity contribution < 1.29 is 36.6 Å². The molecule has 0 saturated carbocycles. The van der Waals surface area contributed by atoms with Crippen molar-refractivity contribution in [3.8, 4) is 0 Å². The van der Waals surface area contributed by atoms with E-state index in [4.69, 9.17) is 3.87 Å². The molecule has 0 aliphatic carbocycles.